The minimum absolute atomic E-state index is 0.0197. The molecule has 5 heteroatoms. The second-order valence-electron chi connectivity index (χ2n) is 5.77. The molecular formula is C19H20N2O2S. The van der Waals surface area contributed by atoms with Gasteiger partial charge in [-0.3, -0.25) is 9.59 Å². The van der Waals surface area contributed by atoms with Gasteiger partial charge in [0.1, 0.15) is 0 Å². The van der Waals surface area contributed by atoms with Crippen molar-refractivity contribution in [2.75, 3.05) is 11.9 Å². The Kier molecular flexibility index (Phi) is 4.90. The number of hydrogen-bond acceptors (Lipinski definition) is 3. The number of anilines is 1. The van der Waals surface area contributed by atoms with Crippen molar-refractivity contribution in [1.29, 1.82) is 0 Å². The smallest absolute Gasteiger partial charge is 0.254 e. The molecule has 0 saturated heterocycles. The van der Waals surface area contributed by atoms with Crippen molar-refractivity contribution in [3.63, 3.8) is 0 Å². The Labute approximate surface area is 146 Å². The molecule has 0 aliphatic carbocycles. The molecule has 1 unspecified atom stereocenters. The number of carbonyl (C=O) groups excluding carboxylic acids is 2. The van der Waals surface area contributed by atoms with E-state index in [-0.39, 0.29) is 17.1 Å². The number of thioether (sulfide) groups is 1. The van der Waals surface area contributed by atoms with Crippen LogP contribution in [0, 0.1) is 0 Å². The maximum Gasteiger partial charge on any atom is 0.254 e. The first-order valence-electron chi connectivity index (χ1n) is 8.03. The Morgan fingerprint density at radius 3 is 2.67 bits per heavy atom. The summed E-state index contributed by atoms with van der Waals surface area (Å²) in [4.78, 5) is 27.5. The van der Waals surface area contributed by atoms with Crippen LogP contribution >= 0.6 is 11.8 Å². The Morgan fingerprint density at radius 2 is 1.96 bits per heavy atom. The molecule has 1 aliphatic rings. The number of hydrogen-bond donors (Lipinski definition) is 1. The van der Waals surface area contributed by atoms with Crippen LogP contribution in [0.1, 0.15) is 29.8 Å². The summed E-state index contributed by atoms with van der Waals surface area (Å²) in [6, 6.07) is 15.5. The van der Waals surface area contributed by atoms with Gasteiger partial charge in [-0.05, 0) is 37.6 Å². The Balaban J connectivity index is 1.81. The maximum absolute atomic E-state index is 12.8. The molecule has 0 aromatic heterocycles. The fourth-order valence-corrected chi connectivity index (χ4v) is 3.59. The Bertz CT molecular complexity index is 761. The van der Waals surface area contributed by atoms with Gasteiger partial charge in [0.05, 0.1) is 10.9 Å². The van der Waals surface area contributed by atoms with Crippen molar-refractivity contribution in [2.24, 2.45) is 0 Å². The number of nitrogens with zero attached hydrogens (tertiary/aromatic N) is 1. The number of benzene rings is 2. The number of rotatable bonds is 4. The zero-order chi connectivity index (χ0) is 17.1. The third-order valence-corrected chi connectivity index (χ3v) is 5.22. The van der Waals surface area contributed by atoms with Crippen LogP contribution in [0.5, 0.6) is 0 Å². The molecule has 0 fully saturated rings. The van der Waals surface area contributed by atoms with E-state index < -0.39 is 0 Å². The average Bonchev–Trinajstić information content (AvgIpc) is 2.60. The van der Waals surface area contributed by atoms with Crippen molar-refractivity contribution >= 4 is 29.3 Å². The van der Waals surface area contributed by atoms with Gasteiger partial charge >= 0.3 is 0 Å². The standard InChI is InChI=1S/C19H20N2O2S/c1-3-21(12-14-7-5-4-6-8-14)19(23)15-9-10-17-16(11-15)20-18(22)13(2)24-17/h4-11,13H,3,12H2,1-2H3,(H,20,22). The molecule has 0 bridgehead atoms. The van der Waals surface area contributed by atoms with Crippen LogP contribution in [0.15, 0.2) is 53.4 Å². The highest BCUT2D eigenvalue weighted by atomic mass is 32.2. The molecule has 3 rings (SSSR count). The summed E-state index contributed by atoms with van der Waals surface area (Å²) < 4.78 is 0. The van der Waals surface area contributed by atoms with Crippen LogP contribution in [0.3, 0.4) is 0 Å². The first-order valence-corrected chi connectivity index (χ1v) is 8.91. The molecular weight excluding hydrogens is 320 g/mol. The molecule has 0 spiro atoms. The van der Waals surface area contributed by atoms with Gasteiger partial charge in [0.25, 0.3) is 5.91 Å². The molecule has 1 atom stereocenters. The van der Waals surface area contributed by atoms with Gasteiger partial charge in [0.2, 0.25) is 5.91 Å². The highest BCUT2D eigenvalue weighted by molar-refractivity contribution is 8.00. The molecule has 1 N–H and O–H groups in total. The van der Waals surface area contributed by atoms with Crippen LogP contribution in [-0.2, 0) is 11.3 Å². The van der Waals surface area contributed by atoms with E-state index >= 15 is 0 Å². The van der Waals surface area contributed by atoms with Crippen molar-refractivity contribution in [1.82, 2.24) is 4.90 Å². The molecule has 0 radical (unpaired) electrons. The normalized spacial score (nSPS) is 16.2. The molecule has 124 valence electrons. The Morgan fingerprint density at radius 1 is 1.21 bits per heavy atom. The molecule has 0 saturated carbocycles. The van der Waals surface area contributed by atoms with E-state index in [0.717, 1.165) is 16.1 Å². The molecule has 24 heavy (non-hydrogen) atoms. The summed E-state index contributed by atoms with van der Waals surface area (Å²) in [5.41, 5.74) is 2.43. The van der Waals surface area contributed by atoms with Crippen LogP contribution in [0.4, 0.5) is 5.69 Å². The summed E-state index contributed by atoms with van der Waals surface area (Å²) in [6.07, 6.45) is 0. The predicted octanol–water partition coefficient (Wildman–Crippen LogP) is 3.78. The number of nitrogens with one attached hydrogen (secondary N) is 1. The third kappa shape index (κ3) is 3.46. The zero-order valence-electron chi connectivity index (χ0n) is 13.8. The quantitative estimate of drug-likeness (QED) is 0.921. The monoisotopic (exact) mass is 340 g/mol. The van der Waals surface area contributed by atoms with E-state index in [1.54, 1.807) is 11.0 Å². The number of fused-ring (bicyclic) bond motifs is 1. The van der Waals surface area contributed by atoms with Crippen molar-refractivity contribution in [3.05, 3.63) is 59.7 Å². The molecule has 2 aromatic rings. The van der Waals surface area contributed by atoms with E-state index in [0.29, 0.717) is 18.7 Å². The van der Waals surface area contributed by atoms with Crippen LogP contribution in [-0.4, -0.2) is 28.5 Å². The fraction of sp³-hybridized carbons (Fsp3) is 0.263. The third-order valence-electron chi connectivity index (χ3n) is 4.04. The van der Waals surface area contributed by atoms with Gasteiger partial charge < -0.3 is 10.2 Å². The SMILES string of the molecule is CCN(Cc1ccccc1)C(=O)c1ccc2c(c1)NC(=O)C(C)S2. The lowest BCUT2D eigenvalue weighted by molar-refractivity contribution is -0.115. The van der Waals surface area contributed by atoms with E-state index in [2.05, 4.69) is 5.32 Å². The van der Waals surface area contributed by atoms with Crippen molar-refractivity contribution < 1.29 is 9.59 Å². The lowest BCUT2D eigenvalue weighted by Gasteiger charge is -2.24. The summed E-state index contributed by atoms with van der Waals surface area (Å²) in [5.74, 6) is -0.0456. The van der Waals surface area contributed by atoms with Gasteiger partial charge in [-0.15, -0.1) is 11.8 Å². The molecule has 2 amide bonds. The van der Waals surface area contributed by atoms with Crippen LogP contribution in [0.2, 0.25) is 0 Å². The van der Waals surface area contributed by atoms with Crippen LogP contribution < -0.4 is 5.32 Å². The van der Waals surface area contributed by atoms with E-state index in [4.69, 9.17) is 0 Å². The predicted molar refractivity (Wildman–Crippen MR) is 97.2 cm³/mol. The summed E-state index contributed by atoms with van der Waals surface area (Å²) in [7, 11) is 0. The minimum atomic E-state index is -0.107. The second-order valence-corrected chi connectivity index (χ2v) is 7.15. The van der Waals surface area contributed by atoms with Gasteiger partial charge in [-0.2, -0.15) is 0 Å². The highest BCUT2D eigenvalue weighted by Crippen LogP contribution is 2.36. The van der Waals surface area contributed by atoms with Crippen molar-refractivity contribution in [2.45, 2.75) is 30.5 Å². The topological polar surface area (TPSA) is 49.4 Å². The molecule has 1 heterocycles. The first-order chi connectivity index (χ1) is 11.6. The number of amides is 2. The van der Waals surface area contributed by atoms with E-state index in [1.165, 1.54) is 11.8 Å². The maximum atomic E-state index is 12.8. The van der Waals surface area contributed by atoms with E-state index in [9.17, 15) is 9.59 Å². The van der Waals surface area contributed by atoms with Crippen molar-refractivity contribution in [3.8, 4) is 0 Å². The summed E-state index contributed by atoms with van der Waals surface area (Å²) in [6.45, 7) is 5.05. The fourth-order valence-electron chi connectivity index (χ4n) is 2.66. The lowest BCUT2D eigenvalue weighted by Crippen LogP contribution is -2.31. The summed E-state index contributed by atoms with van der Waals surface area (Å²) >= 11 is 1.52. The molecule has 4 nitrogen and oxygen atoms in total. The molecule has 1 aliphatic heterocycles. The van der Waals surface area contributed by atoms with Gasteiger partial charge in [0, 0.05) is 23.5 Å². The lowest BCUT2D eigenvalue weighted by atomic mass is 10.1. The van der Waals surface area contributed by atoms with Gasteiger partial charge in [0.15, 0.2) is 0 Å². The Hall–Kier alpha value is -2.27. The van der Waals surface area contributed by atoms with Crippen LogP contribution in [0.25, 0.3) is 0 Å². The zero-order valence-corrected chi connectivity index (χ0v) is 14.6. The van der Waals surface area contributed by atoms with Gasteiger partial charge in [-0.1, -0.05) is 30.3 Å². The van der Waals surface area contributed by atoms with E-state index in [1.807, 2.05) is 56.3 Å². The summed E-state index contributed by atoms with van der Waals surface area (Å²) in [5, 5.41) is 2.77. The highest BCUT2D eigenvalue weighted by Gasteiger charge is 2.24. The first kappa shape index (κ1) is 16.6. The largest absolute Gasteiger partial charge is 0.335 e. The number of carbonyl (C=O) groups is 2. The molecule has 2 aromatic carbocycles. The minimum Gasteiger partial charge on any atom is -0.335 e. The second kappa shape index (κ2) is 7.09. The van der Waals surface area contributed by atoms with Gasteiger partial charge in [-0.25, -0.2) is 0 Å². The average molecular weight is 340 g/mol.